The number of hydrogen-bond acceptors (Lipinski definition) is 4. The Bertz CT molecular complexity index is 722. The molecule has 0 bridgehead atoms. The van der Waals surface area contributed by atoms with Gasteiger partial charge in [0, 0.05) is 25.9 Å². The summed E-state index contributed by atoms with van der Waals surface area (Å²) in [6.45, 7) is 5.27. The second kappa shape index (κ2) is 6.28. The third kappa shape index (κ3) is 3.83. The van der Waals surface area contributed by atoms with E-state index in [2.05, 4.69) is 15.1 Å². The normalized spacial score (nSPS) is 11.6. The maximum absolute atomic E-state index is 12.5. The lowest BCUT2D eigenvalue weighted by Crippen LogP contribution is -2.16. The monoisotopic (exact) mass is 308 g/mol. The van der Waals surface area contributed by atoms with E-state index in [1.165, 1.54) is 0 Å². The van der Waals surface area contributed by atoms with Crippen LogP contribution < -0.4 is 10.0 Å². The summed E-state index contributed by atoms with van der Waals surface area (Å²) in [4.78, 5) is 0.281. The number of nitrogens with zero attached hydrogens (tertiary/aromatic N) is 2. The third-order valence-electron chi connectivity index (χ3n) is 3.07. The van der Waals surface area contributed by atoms with Crippen LogP contribution in [-0.2, 0) is 23.6 Å². The standard InChI is InChI=1S/C14H20N4O2S/c1-4-15-10-12-6-5-11(2)13(9-12)21(19,20)17-14-7-8-18(3)16-14/h5-9,15H,4,10H2,1-3H3,(H,16,17). The van der Waals surface area contributed by atoms with Crippen LogP contribution in [0.5, 0.6) is 0 Å². The lowest BCUT2D eigenvalue weighted by atomic mass is 10.1. The van der Waals surface area contributed by atoms with Crippen molar-refractivity contribution in [3.05, 3.63) is 41.6 Å². The zero-order valence-electron chi connectivity index (χ0n) is 12.4. The Hall–Kier alpha value is -1.86. The number of benzene rings is 1. The summed E-state index contributed by atoms with van der Waals surface area (Å²) in [6, 6.07) is 7.07. The van der Waals surface area contributed by atoms with Gasteiger partial charge in [0.2, 0.25) is 0 Å². The molecule has 2 N–H and O–H groups in total. The van der Waals surface area contributed by atoms with Gasteiger partial charge in [-0.25, -0.2) is 8.42 Å². The van der Waals surface area contributed by atoms with Crippen molar-refractivity contribution < 1.29 is 8.42 Å². The summed E-state index contributed by atoms with van der Waals surface area (Å²) >= 11 is 0. The van der Waals surface area contributed by atoms with Crippen LogP contribution in [0.2, 0.25) is 0 Å². The lowest BCUT2D eigenvalue weighted by molar-refractivity contribution is 0.600. The number of sulfonamides is 1. The molecule has 7 heteroatoms. The highest BCUT2D eigenvalue weighted by molar-refractivity contribution is 7.92. The lowest BCUT2D eigenvalue weighted by Gasteiger charge is -2.11. The van der Waals surface area contributed by atoms with Gasteiger partial charge in [0.05, 0.1) is 4.90 Å². The highest BCUT2D eigenvalue weighted by Crippen LogP contribution is 2.20. The van der Waals surface area contributed by atoms with Crippen LogP contribution in [0, 0.1) is 6.92 Å². The van der Waals surface area contributed by atoms with Gasteiger partial charge in [0.15, 0.2) is 5.82 Å². The molecule has 0 saturated heterocycles. The van der Waals surface area contributed by atoms with Crippen molar-refractivity contribution in [2.24, 2.45) is 7.05 Å². The molecule has 6 nitrogen and oxygen atoms in total. The SMILES string of the molecule is CCNCc1ccc(C)c(S(=O)(=O)Nc2ccn(C)n2)c1. The average Bonchev–Trinajstić information content (AvgIpc) is 2.82. The van der Waals surface area contributed by atoms with E-state index in [-0.39, 0.29) is 4.90 Å². The first-order valence-electron chi connectivity index (χ1n) is 6.75. The van der Waals surface area contributed by atoms with Crippen LogP contribution in [0.25, 0.3) is 0 Å². The maximum atomic E-state index is 12.5. The summed E-state index contributed by atoms with van der Waals surface area (Å²) in [5, 5.41) is 7.22. The minimum atomic E-state index is -3.63. The Morgan fingerprint density at radius 2 is 2.05 bits per heavy atom. The van der Waals surface area contributed by atoms with Crippen molar-refractivity contribution >= 4 is 15.8 Å². The third-order valence-corrected chi connectivity index (χ3v) is 4.57. The topological polar surface area (TPSA) is 76.0 Å². The first kappa shape index (κ1) is 15.5. The molecule has 2 rings (SSSR count). The smallest absolute Gasteiger partial charge is 0.263 e. The van der Waals surface area contributed by atoms with E-state index in [0.717, 1.165) is 12.1 Å². The van der Waals surface area contributed by atoms with Crippen molar-refractivity contribution in [3.63, 3.8) is 0 Å². The Labute approximate surface area is 125 Å². The number of aromatic nitrogens is 2. The molecule has 114 valence electrons. The van der Waals surface area contributed by atoms with E-state index in [4.69, 9.17) is 0 Å². The summed E-state index contributed by atoms with van der Waals surface area (Å²) < 4.78 is 29.0. The van der Waals surface area contributed by atoms with Gasteiger partial charge >= 0.3 is 0 Å². The van der Waals surface area contributed by atoms with Crippen molar-refractivity contribution in [3.8, 4) is 0 Å². The van der Waals surface area contributed by atoms with Crippen molar-refractivity contribution in [1.29, 1.82) is 0 Å². The molecule has 1 aromatic carbocycles. The van der Waals surface area contributed by atoms with Gasteiger partial charge in [0.25, 0.3) is 10.0 Å². The maximum Gasteiger partial charge on any atom is 0.263 e. The predicted octanol–water partition coefficient (Wildman–Crippen LogP) is 1.64. The summed E-state index contributed by atoms with van der Waals surface area (Å²) in [5.41, 5.74) is 1.64. The van der Waals surface area contributed by atoms with Gasteiger partial charge in [-0.3, -0.25) is 9.40 Å². The molecular weight excluding hydrogens is 288 g/mol. The number of nitrogens with one attached hydrogen (secondary N) is 2. The second-order valence-electron chi connectivity index (χ2n) is 4.86. The quantitative estimate of drug-likeness (QED) is 0.850. The van der Waals surface area contributed by atoms with Gasteiger partial charge in [-0.2, -0.15) is 5.10 Å². The zero-order valence-corrected chi connectivity index (χ0v) is 13.2. The fourth-order valence-corrected chi connectivity index (χ4v) is 3.27. The number of aryl methyl sites for hydroxylation is 2. The number of anilines is 1. The molecule has 0 amide bonds. The Morgan fingerprint density at radius 1 is 1.29 bits per heavy atom. The molecule has 21 heavy (non-hydrogen) atoms. The van der Waals surface area contributed by atoms with Gasteiger partial charge < -0.3 is 5.32 Å². The minimum Gasteiger partial charge on any atom is -0.313 e. The Morgan fingerprint density at radius 3 is 2.67 bits per heavy atom. The van der Waals surface area contributed by atoms with E-state index in [9.17, 15) is 8.42 Å². The number of rotatable bonds is 6. The minimum absolute atomic E-state index is 0.281. The van der Waals surface area contributed by atoms with Crippen LogP contribution in [0.1, 0.15) is 18.1 Å². The molecule has 1 aromatic heterocycles. The van der Waals surface area contributed by atoms with E-state index >= 15 is 0 Å². The highest BCUT2D eigenvalue weighted by atomic mass is 32.2. The summed E-state index contributed by atoms with van der Waals surface area (Å²) in [5.74, 6) is 0.314. The van der Waals surface area contributed by atoms with Gasteiger partial charge in [-0.15, -0.1) is 0 Å². The molecule has 0 aliphatic rings. The molecule has 0 saturated carbocycles. The molecule has 0 aliphatic heterocycles. The van der Waals surface area contributed by atoms with Gasteiger partial charge in [-0.1, -0.05) is 19.1 Å². The van der Waals surface area contributed by atoms with E-state index in [0.29, 0.717) is 17.9 Å². The number of hydrogen-bond donors (Lipinski definition) is 2. The molecule has 1 heterocycles. The van der Waals surface area contributed by atoms with E-state index in [1.54, 1.807) is 37.0 Å². The van der Waals surface area contributed by atoms with Crippen LogP contribution >= 0.6 is 0 Å². The van der Waals surface area contributed by atoms with E-state index in [1.807, 2.05) is 19.1 Å². The van der Waals surface area contributed by atoms with Crippen LogP contribution in [0.4, 0.5) is 5.82 Å². The predicted molar refractivity (Wildman–Crippen MR) is 82.6 cm³/mol. The average molecular weight is 308 g/mol. The highest BCUT2D eigenvalue weighted by Gasteiger charge is 2.18. The first-order chi connectivity index (χ1) is 9.92. The summed E-state index contributed by atoms with van der Waals surface area (Å²) in [7, 11) is -1.90. The van der Waals surface area contributed by atoms with Gasteiger partial charge in [-0.05, 0) is 30.7 Å². The Kier molecular flexibility index (Phi) is 4.64. The molecule has 0 aliphatic carbocycles. The molecule has 0 radical (unpaired) electrons. The van der Waals surface area contributed by atoms with E-state index < -0.39 is 10.0 Å². The molecule has 0 spiro atoms. The van der Waals surface area contributed by atoms with Crippen LogP contribution in [0.3, 0.4) is 0 Å². The second-order valence-corrected chi connectivity index (χ2v) is 6.51. The molecule has 0 unspecified atom stereocenters. The Balaban J connectivity index is 2.30. The molecule has 0 atom stereocenters. The summed E-state index contributed by atoms with van der Waals surface area (Å²) in [6.07, 6.45) is 1.69. The first-order valence-corrected chi connectivity index (χ1v) is 8.23. The molecular formula is C14H20N4O2S. The van der Waals surface area contributed by atoms with Crippen LogP contribution in [0.15, 0.2) is 35.4 Å². The molecule has 0 fully saturated rings. The van der Waals surface area contributed by atoms with Crippen LogP contribution in [-0.4, -0.2) is 24.7 Å². The zero-order chi connectivity index (χ0) is 15.5. The fraction of sp³-hybridized carbons (Fsp3) is 0.357. The molecule has 2 aromatic rings. The fourth-order valence-electron chi connectivity index (χ4n) is 1.98. The largest absolute Gasteiger partial charge is 0.313 e. The van der Waals surface area contributed by atoms with Crippen molar-refractivity contribution in [1.82, 2.24) is 15.1 Å². The van der Waals surface area contributed by atoms with Crippen molar-refractivity contribution in [2.45, 2.75) is 25.3 Å². The van der Waals surface area contributed by atoms with Crippen molar-refractivity contribution in [2.75, 3.05) is 11.3 Å². The van der Waals surface area contributed by atoms with Gasteiger partial charge in [0.1, 0.15) is 0 Å².